The highest BCUT2D eigenvalue weighted by atomic mass is 16.5. The average Bonchev–Trinajstić information content (AvgIpc) is 3.12. The number of aromatic hydroxyl groups is 1. The molecular formula is C21H20N2O8. The number of imide groups is 2. The van der Waals surface area contributed by atoms with Crippen LogP contribution in [0.4, 0.5) is 0 Å². The molecule has 0 bridgehead atoms. The molecule has 2 heterocycles. The summed E-state index contributed by atoms with van der Waals surface area (Å²) in [6.07, 6.45) is 2.10. The number of methoxy groups -OCH3 is 1. The molecule has 2 aliphatic carbocycles. The van der Waals surface area contributed by atoms with Gasteiger partial charge in [-0.2, -0.15) is 10.1 Å². The molecule has 3 fully saturated rings. The van der Waals surface area contributed by atoms with Gasteiger partial charge in [0.15, 0.2) is 0 Å². The number of carbonyl (C=O) groups excluding carboxylic acids is 4. The van der Waals surface area contributed by atoms with Crippen molar-refractivity contribution >= 4 is 23.6 Å². The summed E-state index contributed by atoms with van der Waals surface area (Å²) in [6.45, 7) is 0. The van der Waals surface area contributed by atoms with Gasteiger partial charge in [0.25, 0.3) is 23.6 Å². The second kappa shape index (κ2) is 6.63. The van der Waals surface area contributed by atoms with E-state index in [0.717, 1.165) is 0 Å². The van der Waals surface area contributed by atoms with E-state index in [4.69, 9.17) is 4.74 Å². The second-order valence-electron chi connectivity index (χ2n) is 8.43. The van der Waals surface area contributed by atoms with E-state index in [-0.39, 0.29) is 28.7 Å². The number of hydroxylamine groups is 4. The van der Waals surface area contributed by atoms with E-state index in [1.165, 1.54) is 19.2 Å². The van der Waals surface area contributed by atoms with Gasteiger partial charge in [0.2, 0.25) is 0 Å². The molecule has 1 saturated carbocycles. The third-order valence-electron chi connectivity index (χ3n) is 7.15. The Hall–Kier alpha value is -3.24. The maximum absolute atomic E-state index is 12.8. The number of ether oxygens (including phenoxy) is 1. The second-order valence-corrected chi connectivity index (χ2v) is 8.43. The summed E-state index contributed by atoms with van der Waals surface area (Å²) in [5.41, 5.74) is 1.22. The van der Waals surface area contributed by atoms with Crippen LogP contribution in [0.1, 0.15) is 24.3 Å². The molecule has 2 saturated heterocycles. The van der Waals surface area contributed by atoms with E-state index in [1.54, 1.807) is 12.1 Å². The fourth-order valence-corrected chi connectivity index (χ4v) is 5.86. The Morgan fingerprint density at radius 2 is 1.55 bits per heavy atom. The van der Waals surface area contributed by atoms with Crippen LogP contribution in [0.2, 0.25) is 0 Å². The smallest absolute Gasteiger partial charge is 0.258 e. The molecule has 0 spiro atoms. The Labute approximate surface area is 176 Å². The highest BCUT2D eigenvalue weighted by molar-refractivity contribution is 6.06. The number of carbonyl (C=O) groups is 4. The van der Waals surface area contributed by atoms with Crippen molar-refractivity contribution in [3.05, 3.63) is 35.4 Å². The zero-order chi connectivity index (χ0) is 22.2. The number of nitrogens with zero attached hydrogens (tertiary/aromatic N) is 2. The predicted octanol–water partition coefficient (Wildman–Crippen LogP) is 0.815. The molecule has 0 aromatic heterocycles. The van der Waals surface area contributed by atoms with Crippen molar-refractivity contribution < 1.29 is 39.4 Å². The minimum Gasteiger partial charge on any atom is -0.508 e. The fourth-order valence-electron chi connectivity index (χ4n) is 5.86. The van der Waals surface area contributed by atoms with Crippen molar-refractivity contribution in [1.29, 1.82) is 0 Å². The lowest BCUT2D eigenvalue weighted by molar-refractivity contribution is -0.174. The molecular weight excluding hydrogens is 408 g/mol. The van der Waals surface area contributed by atoms with Crippen molar-refractivity contribution in [2.75, 3.05) is 7.11 Å². The first kappa shape index (κ1) is 19.7. The molecule has 5 rings (SSSR count). The van der Waals surface area contributed by atoms with Gasteiger partial charge in [-0.1, -0.05) is 17.7 Å². The molecule has 4 amide bonds. The van der Waals surface area contributed by atoms with E-state index in [1.807, 2.05) is 0 Å². The number of phenols is 1. The molecule has 1 aromatic carbocycles. The van der Waals surface area contributed by atoms with Crippen molar-refractivity contribution in [1.82, 2.24) is 10.1 Å². The first-order valence-electron chi connectivity index (χ1n) is 9.96. The van der Waals surface area contributed by atoms with Crippen molar-refractivity contribution in [3.63, 3.8) is 0 Å². The van der Waals surface area contributed by atoms with Crippen LogP contribution in [0, 0.1) is 29.6 Å². The molecule has 0 unspecified atom stereocenters. The Morgan fingerprint density at radius 1 is 0.903 bits per heavy atom. The first-order valence-corrected chi connectivity index (χ1v) is 9.96. The molecule has 2 aliphatic heterocycles. The molecule has 10 nitrogen and oxygen atoms in total. The van der Waals surface area contributed by atoms with Gasteiger partial charge in [0.05, 0.1) is 30.8 Å². The van der Waals surface area contributed by atoms with Crippen LogP contribution in [0.5, 0.6) is 11.5 Å². The van der Waals surface area contributed by atoms with Gasteiger partial charge in [-0.3, -0.25) is 29.6 Å². The lowest BCUT2D eigenvalue weighted by Crippen LogP contribution is -2.43. The molecule has 1 aromatic rings. The zero-order valence-electron chi connectivity index (χ0n) is 16.5. The molecule has 0 radical (unpaired) electrons. The monoisotopic (exact) mass is 428 g/mol. The predicted molar refractivity (Wildman–Crippen MR) is 99.4 cm³/mol. The van der Waals surface area contributed by atoms with Crippen molar-refractivity contribution in [2.24, 2.45) is 29.6 Å². The number of hydrogen-bond acceptors (Lipinski definition) is 8. The number of fused-ring (bicyclic) bond motifs is 4. The summed E-state index contributed by atoms with van der Waals surface area (Å²) in [5, 5.41) is 30.1. The van der Waals surface area contributed by atoms with Crippen molar-refractivity contribution in [3.8, 4) is 11.5 Å². The van der Waals surface area contributed by atoms with Gasteiger partial charge in [0, 0.05) is 17.5 Å². The number of amides is 4. The van der Waals surface area contributed by atoms with Gasteiger partial charge >= 0.3 is 0 Å². The third-order valence-corrected chi connectivity index (χ3v) is 7.15. The number of hydrogen-bond donors (Lipinski definition) is 3. The molecule has 6 atom stereocenters. The van der Waals surface area contributed by atoms with E-state index in [9.17, 15) is 34.7 Å². The fraction of sp³-hybridized carbons (Fsp3) is 0.429. The van der Waals surface area contributed by atoms with Crippen LogP contribution in [-0.4, -0.2) is 56.4 Å². The standard InChI is InChI=1S/C21H20N2O8/c1-31-14-6-8(24)2-3-10(14)15-9-4-5-11-16(20(27)22(29)18(11)25)12(9)7-13-17(15)21(28)23(30)19(13)26/h2-4,6,11-13,15-17,24,29-30H,5,7H2,1H3/t11-,12+,13+,15+,16-,17+/m0/s1. The van der Waals surface area contributed by atoms with E-state index in [0.29, 0.717) is 16.9 Å². The Morgan fingerprint density at radius 3 is 2.23 bits per heavy atom. The summed E-state index contributed by atoms with van der Waals surface area (Å²) >= 11 is 0. The van der Waals surface area contributed by atoms with Gasteiger partial charge in [0.1, 0.15) is 11.5 Å². The summed E-state index contributed by atoms with van der Waals surface area (Å²) in [7, 11) is 1.41. The quantitative estimate of drug-likeness (QED) is 0.357. The maximum atomic E-state index is 12.8. The average molecular weight is 428 g/mol. The molecule has 10 heteroatoms. The van der Waals surface area contributed by atoms with Gasteiger partial charge in [-0.15, -0.1) is 0 Å². The maximum Gasteiger partial charge on any atom is 0.258 e. The van der Waals surface area contributed by atoms with Crippen LogP contribution >= 0.6 is 0 Å². The third kappa shape index (κ3) is 2.52. The van der Waals surface area contributed by atoms with E-state index < -0.39 is 59.1 Å². The minimum absolute atomic E-state index is 0.0488. The van der Waals surface area contributed by atoms with Crippen LogP contribution in [-0.2, 0) is 19.2 Å². The number of phenolic OH excluding ortho intramolecular Hbond substituents is 1. The minimum atomic E-state index is -0.910. The Bertz CT molecular complexity index is 1070. The van der Waals surface area contributed by atoms with Crippen LogP contribution in [0.3, 0.4) is 0 Å². The van der Waals surface area contributed by atoms with E-state index in [2.05, 4.69) is 0 Å². The SMILES string of the molecule is COc1cc(O)ccc1[C@H]1C2=CC[C@@H]3C(=O)N(O)C(=O)[C@@H]3[C@@H]2C[C@H]2C(=O)N(O)C(=O)[C@@H]12. The summed E-state index contributed by atoms with van der Waals surface area (Å²) in [4.78, 5) is 50.5. The Kier molecular flexibility index (Phi) is 4.21. The summed E-state index contributed by atoms with van der Waals surface area (Å²) < 4.78 is 5.41. The molecule has 3 N–H and O–H groups in total. The normalized spacial score (nSPS) is 34.5. The number of rotatable bonds is 2. The highest BCUT2D eigenvalue weighted by Crippen LogP contribution is 2.58. The largest absolute Gasteiger partial charge is 0.508 e. The number of allylic oxidation sites excluding steroid dienone is 2. The first-order chi connectivity index (χ1) is 14.8. The summed E-state index contributed by atoms with van der Waals surface area (Å²) in [6, 6.07) is 4.40. The van der Waals surface area contributed by atoms with Crippen LogP contribution in [0.15, 0.2) is 29.8 Å². The highest BCUT2D eigenvalue weighted by Gasteiger charge is 2.62. The van der Waals surface area contributed by atoms with Gasteiger partial charge < -0.3 is 9.84 Å². The van der Waals surface area contributed by atoms with Gasteiger partial charge in [-0.25, -0.2) is 0 Å². The van der Waals surface area contributed by atoms with Crippen molar-refractivity contribution in [2.45, 2.75) is 18.8 Å². The Balaban J connectivity index is 1.69. The molecule has 31 heavy (non-hydrogen) atoms. The lowest BCUT2D eigenvalue weighted by Gasteiger charge is -2.44. The summed E-state index contributed by atoms with van der Waals surface area (Å²) in [5.74, 6) is -7.31. The lowest BCUT2D eigenvalue weighted by atomic mass is 9.57. The van der Waals surface area contributed by atoms with Gasteiger partial charge in [-0.05, 0) is 24.8 Å². The van der Waals surface area contributed by atoms with Crippen LogP contribution in [0.25, 0.3) is 0 Å². The molecule has 4 aliphatic rings. The van der Waals surface area contributed by atoms with E-state index >= 15 is 0 Å². The van der Waals surface area contributed by atoms with Crippen LogP contribution < -0.4 is 4.74 Å². The molecule has 162 valence electrons. The number of benzene rings is 1. The zero-order valence-corrected chi connectivity index (χ0v) is 16.5. The topological polar surface area (TPSA) is 145 Å².